The minimum atomic E-state index is -0.311. The summed E-state index contributed by atoms with van der Waals surface area (Å²) in [5.74, 6) is 0. The van der Waals surface area contributed by atoms with E-state index in [9.17, 15) is 5.11 Å². The Balaban J connectivity index is 1.98. The molecule has 2 rings (SSSR count). The number of nitrogens with zero attached hydrogens (tertiary/aromatic N) is 1. The van der Waals surface area contributed by atoms with Crippen molar-refractivity contribution in [1.82, 2.24) is 4.90 Å². The molecule has 0 bridgehead atoms. The van der Waals surface area contributed by atoms with Crippen LogP contribution in [0, 0.1) is 0 Å². The van der Waals surface area contributed by atoms with Crippen molar-refractivity contribution in [2.75, 3.05) is 19.6 Å². The summed E-state index contributed by atoms with van der Waals surface area (Å²) in [7, 11) is 0. The molecular formula is C10H13NO. The molecule has 0 aliphatic carbocycles. The van der Waals surface area contributed by atoms with E-state index in [0.29, 0.717) is 0 Å². The van der Waals surface area contributed by atoms with Gasteiger partial charge in [-0.15, -0.1) is 0 Å². The molecule has 2 heteroatoms. The quantitative estimate of drug-likeness (QED) is 0.673. The molecule has 1 fully saturated rings. The third kappa shape index (κ3) is 1.84. The zero-order chi connectivity index (χ0) is 8.39. The zero-order valence-electron chi connectivity index (χ0n) is 6.98. The van der Waals surface area contributed by atoms with E-state index in [0.717, 1.165) is 25.2 Å². The molecule has 0 unspecified atom stereocenters. The fraction of sp³-hybridized carbons (Fsp3) is 0.400. The van der Waals surface area contributed by atoms with Gasteiger partial charge in [-0.05, 0) is 5.56 Å². The highest BCUT2D eigenvalue weighted by Crippen LogP contribution is 2.16. The average molecular weight is 163 g/mol. The largest absolute Gasteiger partial charge is 0.387 e. The maximum absolute atomic E-state index is 9.69. The van der Waals surface area contributed by atoms with Gasteiger partial charge < -0.3 is 5.11 Å². The van der Waals surface area contributed by atoms with Crippen molar-refractivity contribution in [3.05, 3.63) is 35.9 Å². The predicted octanol–water partition coefficient (Wildman–Crippen LogP) is 1.04. The second-order valence-electron chi connectivity index (χ2n) is 3.23. The minimum Gasteiger partial charge on any atom is -0.387 e. The number of hydrogen-bond acceptors (Lipinski definition) is 2. The topological polar surface area (TPSA) is 23.2 Å². The summed E-state index contributed by atoms with van der Waals surface area (Å²) in [5.41, 5.74) is 1.02. The Morgan fingerprint density at radius 2 is 1.92 bits per heavy atom. The first kappa shape index (κ1) is 7.77. The minimum absolute atomic E-state index is 0.311. The molecule has 0 spiro atoms. The Morgan fingerprint density at radius 1 is 1.25 bits per heavy atom. The van der Waals surface area contributed by atoms with Gasteiger partial charge in [0.2, 0.25) is 0 Å². The SMILES string of the molecule is O[C@H](CN1CC1)c1ccccc1. The molecule has 1 N–H and O–H groups in total. The average Bonchev–Trinajstić information content (AvgIpc) is 2.90. The summed E-state index contributed by atoms with van der Waals surface area (Å²) in [6.45, 7) is 3.07. The molecule has 1 atom stereocenters. The first-order valence-electron chi connectivity index (χ1n) is 4.31. The van der Waals surface area contributed by atoms with Gasteiger partial charge in [-0.1, -0.05) is 30.3 Å². The lowest BCUT2D eigenvalue weighted by molar-refractivity contribution is 0.156. The van der Waals surface area contributed by atoms with E-state index in [1.807, 2.05) is 30.3 Å². The van der Waals surface area contributed by atoms with Crippen molar-refractivity contribution in [3.8, 4) is 0 Å². The van der Waals surface area contributed by atoms with E-state index < -0.39 is 0 Å². The fourth-order valence-corrected chi connectivity index (χ4v) is 1.28. The molecule has 1 aliphatic heterocycles. The first-order valence-corrected chi connectivity index (χ1v) is 4.31. The predicted molar refractivity (Wildman–Crippen MR) is 47.8 cm³/mol. The summed E-state index contributed by atoms with van der Waals surface area (Å²) < 4.78 is 0. The van der Waals surface area contributed by atoms with Crippen LogP contribution in [0.25, 0.3) is 0 Å². The molecule has 2 nitrogen and oxygen atoms in total. The molecular weight excluding hydrogens is 150 g/mol. The number of rotatable bonds is 3. The van der Waals surface area contributed by atoms with Crippen molar-refractivity contribution in [3.63, 3.8) is 0 Å². The molecule has 0 aromatic heterocycles. The Hall–Kier alpha value is -0.860. The van der Waals surface area contributed by atoms with Gasteiger partial charge in [0.15, 0.2) is 0 Å². The van der Waals surface area contributed by atoms with Gasteiger partial charge in [0.25, 0.3) is 0 Å². The lowest BCUT2D eigenvalue weighted by atomic mass is 10.1. The number of aliphatic hydroxyl groups is 1. The summed E-state index contributed by atoms with van der Waals surface area (Å²) in [5, 5.41) is 9.69. The Morgan fingerprint density at radius 3 is 2.50 bits per heavy atom. The smallest absolute Gasteiger partial charge is 0.0916 e. The van der Waals surface area contributed by atoms with E-state index in [-0.39, 0.29) is 6.10 Å². The molecule has 1 aliphatic rings. The highest BCUT2D eigenvalue weighted by atomic mass is 16.3. The second kappa shape index (κ2) is 3.25. The maximum Gasteiger partial charge on any atom is 0.0916 e. The molecule has 1 aromatic carbocycles. The monoisotopic (exact) mass is 163 g/mol. The van der Waals surface area contributed by atoms with Crippen LogP contribution >= 0.6 is 0 Å². The van der Waals surface area contributed by atoms with Gasteiger partial charge in [-0.25, -0.2) is 0 Å². The molecule has 0 saturated carbocycles. The summed E-state index contributed by atoms with van der Waals surface area (Å²) in [6, 6.07) is 9.82. The Bertz CT molecular complexity index is 243. The molecule has 0 amide bonds. The lowest BCUT2D eigenvalue weighted by Gasteiger charge is -2.10. The van der Waals surface area contributed by atoms with Crippen LogP contribution in [-0.4, -0.2) is 29.6 Å². The number of aliphatic hydroxyl groups excluding tert-OH is 1. The molecule has 12 heavy (non-hydrogen) atoms. The number of β-amino-alcohol motifs (C(OH)–C–C–N with tert-alkyl or cyclic N) is 1. The summed E-state index contributed by atoms with van der Waals surface area (Å²) in [4.78, 5) is 2.22. The van der Waals surface area contributed by atoms with Crippen LogP contribution in [0.2, 0.25) is 0 Å². The molecule has 0 radical (unpaired) electrons. The van der Waals surface area contributed by atoms with Crippen LogP contribution in [0.5, 0.6) is 0 Å². The normalized spacial score (nSPS) is 19.1. The standard InChI is InChI=1S/C10H13NO/c12-10(8-11-6-7-11)9-4-2-1-3-5-9/h1-5,10,12H,6-8H2/t10-/m1/s1. The van der Waals surface area contributed by atoms with Crippen LogP contribution in [0.3, 0.4) is 0 Å². The number of benzene rings is 1. The van der Waals surface area contributed by atoms with E-state index in [1.54, 1.807) is 0 Å². The first-order chi connectivity index (χ1) is 5.86. The van der Waals surface area contributed by atoms with Gasteiger partial charge in [0.1, 0.15) is 0 Å². The number of hydrogen-bond donors (Lipinski definition) is 1. The molecule has 1 saturated heterocycles. The zero-order valence-corrected chi connectivity index (χ0v) is 6.98. The third-order valence-electron chi connectivity index (χ3n) is 2.16. The van der Waals surface area contributed by atoms with E-state index in [2.05, 4.69) is 4.90 Å². The van der Waals surface area contributed by atoms with Gasteiger partial charge in [0.05, 0.1) is 6.10 Å². The fourth-order valence-electron chi connectivity index (χ4n) is 1.28. The van der Waals surface area contributed by atoms with Crippen molar-refractivity contribution in [1.29, 1.82) is 0 Å². The van der Waals surface area contributed by atoms with Crippen molar-refractivity contribution in [2.45, 2.75) is 6.10 Å². The Kier molecular flexibility index (Phi) is 2.11. The van der Waals surface area contributed by atoms with Crippen LogP contribution in [0.1, 0.15) is 11.7 Å². The summed E-state index contributed by atoms with van der Waals surface area (Å²) in [6.07, 6.45) is -0.311. The molecule has 64 valence electrons. The van der Waals surface area contributed by atoms with Crippen molar-refractivity contribution in [2.24, 2.45) is 0 Å². The van der Waals surface area contributed by atoms with E-state index >= 15 is 0 Å². The summed E-state index contributed by atoms with van der Waals surface area (Å²) >= 11 is 0. The second-order valence-corrected chi connectivity index (χ2v) is 3.23. The van der Waals surface area contributed by atoms with Gasteiger partial charge in [0, 0.05) is 19.6 Å². The Labute approximate surface area is 72.4 Å². The molecule has 1 aromatic rings. The van der Waals surface area contributed by atoms with Gasteiger partial charge in [-0.3, -0.25) is 4.90 Å². The van der Waals surface area contributed by atoms with Crippen LogP contribution < -0.4 is 0 Å². The van der Waals surface area contributed by atoms with Gasteiger partial charge in [-0.2, -0.15) is 0 Å². The van der Waals surface area contributed by atoms with Crippen molar-refractivity contribution >= 4 is 0 Å². The highest BCUT2D eigenvalue weighted by Gasteiger charge is 2.21. The van der Waals surface area contributed by atoms with E-state index in [1.165, 1.54) is 0 Å². The highest BCUT2D eigenvalue weighted by molar-refractivity contribution is 5.17. The van der Waals surface area contributed by atoms with Gasteiger partial charge >= 0.3 is 0 Å². The third-order valence-corrected chi connectivity index (χ3v) is 2.16. The van der Waals surface area contributed by atoms with Crippen LogP contribution in [0.4, 0.5) is 0 Å². The molecule has 1 heterocycles. The lowest BCUT2D eigenvalue weighted by Crippen LogP contribution is -2.10. The van der Waals surface area contributed by atoms with Crippen molar-refractivity contribution < 1.29 is 5.11 Å². The van der Waals surface area contributed by atoms with Crippen LogP contribution in [-0.2, 0) is 0 Å². The maximum atomic E-state index is 9.69. The van der Waals surface area contributed by atoms with E-state index in [4.69, 9.17) is 0 Å². The van der Waals surface area contributed by atoms with Crippen LogP contribution in [0.15, 0.2) is 30.3 Å².